The third kappa shape index (κ3) is 4.44. The predicted octanol–water partition coefficient (Wildman–Crippen LogP) is 0.625. The fourth-order valence-electron chi connectivity index (χ4n) is 4.67. The van der Waals surface area contributed by atoms with E-state index in [9.17, 15) is 9.59 Å². The molecule has 3 saturated heterocycles. The van der Waals surface area contributed by atoms with Crippen molar-refractivity contribution in [3.63, 3.8) is 0 Å². The number of amides is 1. The first kappa shape index (κ1) is 20.3. The normalized spacial score (nSPS) is 25.8. The van der Waals surface area contributed by atoms with Crippen molar-refractivity contribution in [2.24, 2.45) is 5.41 Å². The van der Waals surface area contributed by atoms with Crippen molar-refractivity contribution < 1.29 is 19.1 Å². The van der Waals surface area contributed by atoms with Gasteiger partial charge in [0.05, 0.1) is 25.7 Å². The first-order chi connectivity index (χ1) is 14.1. The molecule has 4 rings (SSSR count). The molecule has 3 aliphatic heterocycles. The zero-order valence-corrected chi connectivity index (χ0v) is 17.1. The third-order valence-electron chi connectivity index (χ3n) is 6.45. The van der Waals surface area contributed by atoms with E-state index in [2.05, 4.69) is 19.7 Å². The van der Waals surface area contributed by atoms with E-state index in [0.29, 0.717) is 11.6 Å². The molecule has 8 heteroatoms. The van der Waals surface area contributed by atoms with Crippen molar-refractivity contribution >= 4 is 11.9 Å². The molecule has 3 fully saturated rings. The summed E-state index contributed by atoms with van der Waals surface area (Å²) in [6.07, 6.45) is 3.60. The van der Waals surface area contributed by atoms with Gasteiger partial charge >= 0.3 is 5.97 Å². The molecule has 0 radical (unpaired) electrons. The summed E-state index contributed by atoms with van der Waals surface area (Å²) in [5.74, 6) is -0.0992. The number of hydrogen-bond acceptors (Lipinski definition) is 7. The molecule has 1 aromatic rings. The highest BCUT2D eigenvalue weighted by Gasteiger charge is 2.50. The monoisotopic (exact) mass is 402 g/mol. The van der Waals surface area contributed by atoms with Gasteiger partial charge in [0.25, 0.3) is 0 Å². The van der Waals surface area contributed by atoms with Gasteiger partial charge in [-0.2, -0.15) is 0 Å². The van der Waals surface area contributed by atoms with Gasteiger partial charge in [0.1, 0.15) is 5.69 Å². The van der Waals surface area contributed by atoms with Crippen LogP contribution in [0, 0.1) is 5.41 Å². The van der Waals surface area contributed by atoms with E-state index in [0.717, 1.165) is 84.0 Å². The van der Waals surface area contributed by atoms with E-state index < -0.39 is 5.97 Å². The van der Waals surface area contributed by atoms with Crippen molar-refractivity contribution in [2.75, 3.05) is 66.1 Å². The molecule has 1 unspecified atom stereocenters. The molecular formula is C21H30N4O4. The van der Waals surface area contributed by atoms with Gasteiger partial charge in [-0.05, 0) is 31.0 Å². The van der Waals surface area contributed by atoms with Crippen LogP contribution in [0.5, 0.6) is 0 Å². The van der Waals surface area contributed by atoms with Crippen LogP contribution in [0.25, 0.3) is 0 Å². The Morgan fingerprint density at radius 3 is 2.66 bits per heavy atom. The van der Waals surface area contributed by atoms with Crippen LogP contribution in [0.3, 0.4) is 0 Å². The van der Waals surface area contributed by atoms with Crippen LogP contribution in [-0.4, -0.2) is 97.7 Å². The minimum Gasteiger partial charge on any atom is -0.464 e. The molecule has 0 N–H and O–H groups in total. The van der Waals surface area contributed by atoms with Gasteiger partial charge in [-0.1, -0.05) is 6.07 Å². The average Bonchev–Trinajstić information content (AvgIpc) is 3.31. The third-order valence-corrected chi connectivity index (χ3v) is 6.45. The molecule has 1 spiro atoms. The SMILES string of the molecule is COC(=O)c1ccc(CN2CCC3(CCN(CCN4CCOCC4)C3=O)C2)cn1. The molecule has 3 aliphatic rings. The number of nitrogens with zero attached hydrogens (tertiary/aromatic N) is 4. The molecular weight excluding hydrogens is 372 g/mol. The maximum Gasteiger partial charge on any atom is 0.356 e. The summed E-state index contributed by atoms with van der Waals surface area (Å²) in [4.78, 5) is 35.6. The van der Waals surface area contributed by atoms with Crippen LogP contribution in [0.4, 0.5) is 0 Å². The van der Waals surface area contributed by atoms with E-state index in [1.165, 1.54) is 7.11 Å². The average molecular weight is 402 g/mol. The Hall–Kier alpha value is -2.03. The lowest BCUT2D eigenvalue weighted by molar-refractivity contribution is -0.135. The number of carbonyl (C=O) groups excluding carboxylic acids is 2. The minimum absolute atomic E-state index is 0.218. The van der Waals surface area contributed by atoms with Gasteiger partial charge in [-0.25, -0.2) is 9.78 Å². The Balaban J connectivity index is 1.29. The second-order valence-electron chi connectivity index (χ2n) is 8.28. The van der Waals surface area contributed by atoms with E-state index in [-0.39, 0.29) is 5.41 Å². The van der Waals surface area contributed by atoms with Crippen LogP contribution in [0.2, 0.25) is 0 Å². The summed E-state index contributed by atoms with van der Waals surface area (Å²) in [6, 6.07) is 3.61. The summed E-state index contributed by atoms with van der Waals surface area (Å²) in [7, 11) is 1.35. The van der Waals surface area contributed by atoms with E-state index in [4.69, 9.17) is 9.47 Å². The van der Waals surface area contributed by atoms with Crippen molar-refractivity contribution in [3.8, 4) is 0 Å². The standard InChI is InChI=1S/C21H30N4O4/c1-28-19(26)18-3-2-17(14-22-18)15-24-6-4-21(16-24)5-7-25(20(21)27)9-8-23-10-12-29-13-11-23/h2-3,14H,4-13,15-16H2,1H3. The molecule has 0 saturated carbocycles. The number of morpholine rings is 1. The number of ether oxygens (including phenoxy) is 2. The molecule has 29 heavy (non-hydrogen) atoms. The summed E-state index contributed by atoms with van der Waals surface area (Å²) >= 11 is 0. The van der Waals surface area contributed by atoms with Crippen LogP contribution < -0.4 is 0 Å². The highest BCUT2D eigenvalue weighted by atomic mass is 16.5. The molecule has 0 aromatic carbocycles. The fraction of sp³-hybridized carbons (Fsp3) is 0.667. The highest BCUT2D eigenvalue weighted by Crippen LogP contribution is 2.41. The number of methoxy groups -OCH3 is 1. The molecule has 8 nitrogen and oxygen atoms in total. The Morgan fingerprint density at radius 1 is 1.14 bits per heavy atom. The lowest BCUT2D eigenvalue weighted by atomic mass is 9.85. The van der Waals surface area contributed by atoms with E-state index in [1.54, 1.807) is 12.3 Å². The maximum atomic E-state index is 13.1. The topological polar surface area (TPSA) is 75.2 Å². The second kappa shape index (κ2) is 8.77. The van der Waals surface area contributed by atoms with Crippen LogP contribution in [0.1, 0.15) is 28.9 Å². The number of carbonyl (C=O) groups is 2. The van der Waals surface area contributed by atoms with Gasteiger partial charge in [0.2, 0.25) is 5.91 Å². The van der Waals surface area contributed by atoms with Gasteiger partial charge in [0.15, 0.2) is 0 Å². The molecule has 1 amide bonds. The molecule has 1 atom stereocenters. The molecule has 1 aromatic heterocycles. The Kier molecular flexibility index (Phi) is 6.12. The first-order valence-corrected chi connectivity index (χ1v) is 10.4. The Bertz CT molecular complexity index is 735. The van der Waals surface area contributed by atoms with Gasteiger partial charge < -0.3 is 14.4 Å². The molecule has 4 heterocycles. The summed E-state index contributed by atoms with van der Waals surface area (Å²) in [5.41, 5.74) is 1.14. The maximum absolute atomic E-state index is 13.1. The first-order valence-electron chi connectivity index (χ1n) is 10.4. The lowest BCUT2D eigenvalue weighted by Crippen LogP contribution is -2.43. The van der Waals surface area contributed by atoms with Gasteiger partial charge in [-0.3, -0.25) is 14.6 Å². The van der Waals surface area contributed by atoms with Crippen molar-refractivity contribution in [1.82, 2.24) is 19.7 Å². The molecule has 158 valence electrons. The summed E-state index contributed by atoms with van der Waals surface area (Å²) in [5, 5.41) is 0. The van der Waals surface area contributed by atoms with Crippen LogP contribution in [0.15, 0.2) is 18.3 Å². The number of pyridine rings is 1. The van der Waals surface area contributed by atoms with Crippen molar-refractivity contribution in [2.45, 2.75) is 19.4 Å². The molecule has 0 bridgehead atoms. The zero-order valence-electron chi connectivity index (χ0n) is 17.1. The van der Waals surface area contributed by atoms with Crippen LogP contribution >= 0.6 is 0 Å². The number of rotatable bonds is 6. The number of esters is 1. The number of aromatic nitrogens is 1. The minimum atomic E-state index is -0.426. The van der Waals surface area contributed by atoms with Crippen molar-refractivity contribution in [3.05, 3.63) is 29.6 Å². The van der Waals surface area contributed by atoms with Crippen LogP contribution in [-0.2, 0) is 20.8 Å². The predicted molar refractivity (Wildman–Crippen MR) is 106 cm³/mol. The van der Waals surface area contributed by atoms with E-state index in [1.807, 2.05) is 6.07 Å². The zero-order chi connectivity index (χ0) is 20.3. The van der Waals surface area contributed by atoms with Gasteiger partial charge in [-0.15, -0.1) is 0 Å². The number of hydrogen-bond donors (Lipinski definition) is 0. The fourth-order valence-corrected chi connectivity index (χ4v) is 4.67. The summed E-state index contributed by atoms with van der Waals surface area (Å²) < 4.78 is 10.1. The van der Waals surface area contributed by atoms with E-state index >= 15 is 0 Å². The Morgan fingerprint density at radius 2 is 1.93 bits per heavy atom. The molecule has 0 aliphatic carbocycles. The smallest absolute Gasteiger partial charge is 0.356 e. The quantitative estimate of drug-likeness (QED) is 0.646. The number of likely N-dealkylation sites (tertiary alicyclic amines) is 2. The largest absolute Gasteiger partial charge is 0.464 e. The highest BCUT2D eigenvalue weighted by molar-refractivity contribution is 5.87. The lowest BCUT2D eigenvalue weighted by Gasteiger charge is -2.29. The second-order valence-corrected chi connectivity index (χ2v) is 8.28. The summed E-state index contributed by atoms with van der Waals surface area (Å²) in [6.45, 7) is 8.61. The van der Waals surface area contributed by atoms with Crippen molar-refractivity contribution in [1.29, 1.82) is 0 Å². The van der Waals surface area contributed by atoms with Gasteiger partial charge in [0, 0.05) is 52.0 Å². The Labute approximate surface area is 171 Å².